The third-order valence-electron chi connectivity index (χ3n) is 2.90. The first-order valence-corrected chi connectivity index (χ1v) is 7.34. The van der Waals surface area contributed by atoms with Gasteiger partial charge < -0.3 is 9.64 Å². The molecule has 1 aromatic carbocycles. The van der Waals surface area contributed by atoms with Gasteiger partial charge in [0.15, 0.2) is 0 Å². The average Bonchev–Trinajstić information content (AvgIpc) is 2.42. The Morgan fingerprint density at radius 2 is 2.00 bits per heavy atom. The molecule has 7 heteroatoms. The summed E-state index contributed by atoms with van der Waals surface area (Å²) in [6.07, 6.45) is -4.50. The SMILES string of the molecule is CCOCCN(CC)C(=O)c1ccc(Br)c(C(F)(F)F)c1. The summed E-state index contributed by atoms with van der Waals surface area (Å²) in [5, 5.41) is 0. The Bertz CT molecular complexity index is 492. The molecular formula is C14H17BrF3NO2. The first-order chi connectivity index (χ1) is 9.81. The van der Waals surface area contributed by atoms with Gasteiger partial charge in [-0.2, -0.15) is 13.2 Å². The molecule has 1 aromatic rings. The normalized spacial score (nSPS) is 11.5. The van der Waals surface area contributed by atoms with Crippen LogP contribution in [0.5, 0.6) is 0 Å². The molecule has 0 N–H and O–H groups in total. The van der Waals surface area contributed by atoms with Crippen LogP contribution in [0.2, 0.25) is 0 Å². The lowest BCUT2D eigenvalue weighted by molar-refractivity contribution is -0.138. The molecule has 0 heterocycles. The van der Waals surface area contributed by atoms with Crippen LogP contribution in [-0.2, 0) is 10.9 Å². The molecule has 0 fully saturated rings. The van der Waals surface area contributed by atoms with E-state index in [1.807, 2.05) is 6.92 Å². The van der Waals surface area contributed by atoms with Crippen molar-refractivity contribution in [3.05, 3.63) is 33.8 Å². The summed E-state index contributed by atoms with van der Waals surface area (Å²) in [6, 6.07) is 3.49. The number of benzene rings is 1. The number of ether oxygens (including phenoxy) is 1. The van der Waals surface area contributed by atoms with Gasteiger partial charge >= 0.3 is 6.18 Å². The van der Waals surface area contributed by atoms with E-state index in [2.05, 4.69) is 15.9 Å². The molecule has 118 valence electrons. The monoisotopic (exact) mass is 367 g/mol. The molecule has 1 amide bonds. The molecule has 0 spiro atoms. The highest BCUT2D eigenvalue weighted by Gasteiger charge is 2.33. The summed E-state index contributed by atoms with van der Waals surface area (Å²) in [7, 11) is 0. The van der Waals surface area contributed by atoms with Crippen LogP contribution in [0.3, 0.4) is 0 Å². The fourth-order valence-corrected chi connectivity index (χ4v) is 2.25. The molecular weight excluding hydrogens is 351 g/mol. The predicted molar refractivity (Wildman–Crippen MR) is 77.2 cm³/mol. The van der Waals surface area contributed by atoms with Gasteiger partial charge in [-0.15, -0.1) is 0 Å². The van der Waals surface area contributed by atoms with Crippen LogP contribution in [-0.4, -0.2) is 37.1 Å². The van der Waals surface area contributed by atoms with Gasteiger partial charge in [-0.3, -0.25) is 4.79 Å². The largest absolute Gasteiger partial charge is 0.417 e. The van der Waals surface area contributed by atoms with Gasteiger partial charge in [-0.1, -0.05) is 15.9 Å². The molecule has 0 aromatic heterocycles. The minimum absolute atomic E-state index is 0.0175. The molecule has 0 aliphatic carbocycles. The molecule has 0 saturated heterocycles. The number of alkyl halides is 3. The Labute approximate surface area is 130 Å². The van der Waals surface area contributed by atoms with Crippen LogP contribution in [0.25, 0.3) is 0 Å². The van der Waals surface area contributed by atoms with Crippen molar-refractivity contribution in [3.63, 3.8) is 0 Å². The standard InChI is InChI=1S/C14H17BrF3NO2/c1-3-19(7-8-21-4-2)13(20)10-5-6-12(15)11(9-10)14(16,17)18/h5-6,9H,3-4,7-8H2,1-2H3. The van der Waals surface area contributed by atoms with Gasteiger partial charge in [0.05, 0.1) is 12.2 Å². The van der Waals surface area contributed by atoms with Crippen molar-refractivity contribution in [1.29, 1.82) is 0 Å². The summed E-state index contributed by atoms with van der Waals surface area (Å²) in [5.41, 5.74) is -0.835. The first kappa shape index (κ1) is 18.0. The zero-order valence-electron chi connectivity index (χ0n) is 11.8. The lowest BCUT2D eigenvalue weighted by Crippen LogP contribution is -2.34. The number of carbonyl (C=O) groups excluding carboxylic acids is 1. The van der Waals surface area contributed by atoms with Gasteiger partial charge in [0, 0.05) is 29.7 Å². The maximum absolute atomic E-state index is 12.8. The Morgan fingerprint density at radius 3 is 2.52 bits per heavy atom. The number of rotatable bonds is 6. The molecule has 0 unspecified atom stereocenters. The van der Waals surface area contributed by atoms with Gasteiger partial charge in [0.2, 0.25) is 0 Å². The van der Waals surface area contributed by atoms with Crippen LogP contribution < -0.4 is 0 Å². The highest BCUT2D eigenvalue weighted by molar-refractivity contribution is 9.10. The summed E-state index contributed by atoms with van der Waals surface area (Å²) in [5.74, 6) is -0.435. The molecule has 3 nitrogen and oxygen atoms in total. The second kappa shape index (κ2) is 7.79. The summed E-state index contributed by atoms with van der Waals surface area (Å²) in [4.78, 5) is 13.7. The topological polar surface area (TPSA) is 29.5 Å². The maximum Gasteiger partial charge on any atom is 0.417 e. The number of carbonyl (C=O) groups is 1. The third-order valence-corrected chi connectivity index (χ3v) is 3.59. The number of amides is 1. The number of likely N-dealkylation sites (N-methyl/N-ethyl adjacent to an activating group) is 1. The molecule has 0 aliphatic rings. The molecule has 0 saturated carbocycles. The van der Waals surface area contributed by atoms with E-state index in [0.29, 0.717) is 26.3 Å². The quantitative estimate of drug-likeness (QED) is 0.712. The van der Waals surface area contributed by atoms with Gasteiger partial charge in [-0.25, -0.2) is 0 Å². The van der Waals surface area contributed by atoms with Crippen molar-refractivity contribution < 1.29 is 22.7 Å². The summed E-state index contributed by atoms with van der Waals surface area (Å²) < 4.78 is 43.6. The van der Waals surface area contributed by atoms with E-state index in [1.54, 1.807) is 6.92 Å². The van der Waals surface area contributed by atoms with Crippen LogP contribution >= 0.6 is 15.9 Å². The van der Waals surface area contributed by atoms with E-state index in [4.69, 9.17) is 4.74 Å². The fourth-order valence-electron chi connectivity index (χ4n) is 1.78. The smallest absolute Gasteiger partial charge is 0.380 e. The van der Waals surface area contributed by atoms with Crippen LogP contribution in [0.15, 0.2) is 22.7 Å². The molecule has 0 atom stereocenters. The summed E-state index contributed by atoms with van der Waals surface area (Å²) >= 11 is 2.86. The lowest BCUT2D eigenvalue weighted by atomic mass is 10.1. The van der Waals surface area contributed by atoms with Crippen molar-refractivity contribution in [2.45, 2.75) is 20.0 Å². The van der Waals surface area contributed by atoms with Crippen LogP contribution in [0.1, 0.15) is 29.8 Å². The second-order valence-electron chi connectivity index (χ2n) is 4.27. The molecule has 1 rings (SSSR count). The second-order valence-corrected chi connectivity index (χ2v) is 5.13. The number of halogens is 4. The zero-order chi connectivity index (χ0) is 16.0. The number of hydrogen-bond donors (Lipinski definition) is 0. The average molecular weight is 368 g/mol. The van der Waals surface area contributed by atoms with Crippen molar-refractivity contribution >= 4 is 21.8 Å². The minimum Gasteiger partial charge on any atom is -0.380 e. The Balaban J connectivity index is 2.96. The highest BCUT2D eigenvalue weighted by atomic mass is 79.9. The predicted octanol–water partition coefficient (Wildman–Crippen LogP) is 3.97. The van der Waals surface area contributed by atoms with Crippen molar-refractivity contribution in [2.24, 2.45) is 0 Å². The third kappa shape index (κ3) is 5.00. The number of hydrogen-bond acceptors (Lipinski definition) is 2. The van der Waals surface area contributed by atoms with Crippen molar-refractivity contribution in [3.8, 4) is 0 Å². The van der Waals surface area contributed by atoms with Gasteiger partial charge in [-0.05, 0) is 32.0 Å². The summed E-state index contributed by atoms with van der Waals surface area (Å²) in [6.45, 7) is 5.25. The van der Waals surface area contributed by atoms with Crippen LogP contribution in [0, 0.1) is 0 Å². The van der Waals surface area contributed by atoms with E-state index in [1.165, 1.54) is 17.0 Å². The van der Waals surface area contributed by atoms with E-state index in [9.17, 15) is 18.0 Å². The molecule has 0 radical (unpaired) electrons. The maximum atomic E-state index is 12.8. The lowest BCUT2D eigenvalue weighted by Gasteiger charge is -2.21. The highest BCUT2D eigenvalue weighted by Crippen LogP contribution is 2.35. The van der Waals surface area contributed by atoms with Gasteiger partial charge in [0.25, 0.3) is 5.91 Å². The van der Waals surface area contributed by atoms with Crippen molar-refractivity contribution in [1.82, 2.24) is 4.90 Å². The first-order valence-electron chi connectivity index (χ1n) is 6.55. The Morgan fingerprint density at radius 1 is 1.33 bits per heavy atom. The van der Waals surface area contributed by atoms with E-state index >= 15 is 0 Å². The van der Waals surface area contributed by atoms with Crippen LogP contribution in [0.4, 0.5) is 13.2 Å². The molecule has 21 heavy (non-hydrogen) atoms. The minimum atomic E-state index is -4.50. The van der Waals surface area contributed by atoms with E-state index in [-0.39, 0.29) is 10.0 Å². The van der Waals surface area contributed by atoms with E-state index < -0.39 is 17.6 Å². The Kier molecular flexibility index (Phi) is 6.67. The van der Waals surface area contributed by atoms with Crippen molar-refractivity contribution in [2.75, 3.05) is 26.3 Å². The molecule has 0 aliphatic heterocycles. The zero-order valence-corrected chi connectivity index (χ0v) is 13.4. The number of nitrogens with zero attached hydrogens (tertiary/aromatic N) is 1. The van der Waals surface area contributed by atoms with Gasteiger partial charge in [0.1, 0.15) is 0 Å². The van der Waals surface area contributed by atoms with E-state index in [0.717, 1.165) is 6.07 Å². The Hall–Kier alpha value is -1.08. The fraction of sp³-hybridized carbons (Fsp3) is 0.500. The molecule has 0 bridgehead atoms.